The summed E-state index contributed by atoms with van der Waals surface area (Å²) in [6, 6.07) is 4.32. The van der Waals surface area contributed by atoms with E-state index in [9.17, 15) is 19.5 Å². The molecule has 13 nitrogen and oxygen atoms in total. The van der Waals surface area contributed by atoms with E-state index in [2.05, 4.69) is 15.5 Å². The zero-order valence-corrected chi connectivity index (χ0v) is 19.0. The second-order valence-corrected chi connectivity index (χ2v) is 8.72. The monoisotopic (exact) mass is 498 g/mol. The van der Waals surface area contributed by atoms with Gasteiger partial charge in [-0.25, -0.2) is 0 Å². The van der Waals surface area contributed by atoms with Crippen LogP contribution in [0, 0.1) is 0 Å². The van der Waals surface area contributed by atoms with Gasteiger partial charge in [-0.2, -0.15) is 9.55 Å². The number of fused-ring (bicyclic) bond motifs is 2. The first-order valence-corrected chi connectivity index (χ1v) is 11.3. The molecule has 5 heterocycles. The first kappa shape index (κ1) is 22.5. The van der Waals surface area contributed by atoms with Crippen LogP contribution in [0.4, 0.5) is 6.01 Å². The number of thioether (sulfide) groups is 1. The standard InChI is InChI=1S/C21H18N6O7S/c1-32-25-13(12-8-34-21(22)23-12)16(28)24-14-17(29)27-15(20(30)31)11(9-35-19(14)27)7-26-5-2-3-10-4-6-33-18(10)26/h2-6,8,14,19H,7,9H2,1H3,(H3-,22,23,24,28,30,31)/t14?,19-/m1/s1. The number of oxazole rings is 1. The van der Waals surface area contributed by atoms with Gasteiger partial charge in [0, 0.05) is 17.4 Å². The Morgan fingerprint density at radius 2 is 2.26 bits per heavy atom. The minimum absolute atomic E-state index is 0.0171. The van der Waals surface area contributed by atoms with E-state index < -0.39 is 29.2 Å². The average molecular weight is 498 g/mol. The van der Waals surface area contributed by atoms with Crippen molar-refractivity contribution in [1.82, 2.24) is 15.2 Å². The van der Waals surface area contributed by atoms with Crippen LogP contribution in [0.5, 0.6) is 0 Å². The molecule has 2 amide bonds. The van der Waals surface area contributed by atoms with Gasteiger partial charge in [-0.1, -0.05) is 5.16 Å². The Hall–Kier alpha value is -4.33. The number of aliphatic carboxylic acids is 1. The third kappa shape index (κ3) is 3.86. The van der Waals surface area contributed by atoms with Crippen LogP contribution in [0.25, 0.3) is 11.1 Å². The van der Waals surface area contributed by atoms with Gasteiger partial charge in [0.05, 0.1) is 23.3 Å². The first-order valence-electron chi connectivity index (χ1n) is 10.3. The number of furan rings is 1. The van der Waals surface area contributed by atoms with Gasteiger partial charge in [-0.15, -0.1) is 11.8 Å². The fourth-order valence-electron chi connectivity index (χ4n) is 4.01. The number of nitrogen functional groups attached to an aromatic ring is 1. The van der Waals surface area contributed by atoms with Gasteiger partial charge in [-0.05, 0) is 12.1 Å². The fraction of sp³-hybridized carbons (Fsp3) is 0.238. The molecule has 5 rings (SSSR count). The van der Waals surface area contributed by atoms with E-state index >= 15 is 0 Å². The van der Waals surface area contributed by atoms with Crippen molar-refractivity contribution in [3.05, 3.63) is 53.9 Å². The highest BCUT2D eigenvalue weighted by Gasteiger charge is 2.53. The van der Waals surface area contributed by atoms with Gasteiger partial charge >= 0.3 is 5.71 Å². The molecular weight excluding hydrogens is 480 g/mol. The summed E-state index contributed by atoms with van der Waals surface area (Å²) in [5.74, 6) is -2.53. The number of carboxylic acid groups (broad SMARTS) is 1. The summed E-state index contributed by atoms with van der Waals surface area (Å²) in [4.78, 5) is 47.5. The van der Waals surface area contributed by atoms with Gasteiger partial charge in [0.25, 0.3) is 17.8 Å². The van der Waals surface area contributed by atoms with Crippen molar-refractivity contribution in [1.29, 1.82) is 0 Å². The number of hydrogen-bond acceptors (Lipinski definition) is 11. The lowest BCUT2D eigenvalue weighted by atomic mass is 10.0. The highest BCUT2D eigenvalue weighted by molar-refractivity contribution is 8.00. The molecule has 1 unspecified atom stereocenters. The number of nitrogens with zero attached hydrogens (tertiary/aromatic N) is 4. The Kier molecular flexibility index (Phi) is 5.64. The predicted octanol–water partition coefficient (Wildman–Crippen LogP) is -1.25. The normalized spacial score (nSPS) is 20.0. The molecular formula is C21H18N6O7S. The van der Waals surface area contributed by atoms with Crippen LogP contribution < -0.4 is 20.7 Å². The summed E-state index contributed by atoms with van der Waals surface area (Å²) in [6.07, 6.45) is 4.43. The van der Waals surface area contributed by atoms with Crippen LogP contribution in [0.15, 0.2) is 62.2 Å². The topological polar surface area (TPSA) is 180 Å². The number of carboxylic acids is 1. The fourth-order valence-corrected chi connectivity index (χ4v) is 5.35. The molecule has 0 radical (unpaired) electrons. The zero-order chi connectivity index (χ0) is 24.7. The number of nitrogens with two attached hydrogens (primary N) is 1. The first-order chi connectivity index (χ1) is 16.9. The number of anilines is 1. The number of aromatic nitrogens is 2. The van der Waals surface area contributed by atoms with Crippen LogP contribution >= 0.6 is 11.8 Å². The van der Waals surface area contributed by atoms with E-state index in [4.69, 9.17) is 19.4 Å². The molecule has 2 aliphatic rings. The molecule has 35 heavy (non-hydrogen) atoms. The van der Waals surface area contributed by atoms with E-state index in [0.717, 1.165) is 16.5 Å². The maximum atomic E-state index is 13.0. The molecule has 0 aliphatic carbocycles. The second kappa shape index (κ2) is 8.79. The minimum atomic E-state index is -1.48. The molecule has 180 valence electrons. The van der Waals surface area contributed by atoms with Crippen molar-refractivity contribution in [2.24, 2.45) is 5.16 Å². The molecule has 14 heteroatoms. The number of β-lactam (4-membered cyclic amide) rings is 1. The molecule has 3 N–H and O–H groups in total. The summed E-state index contributed by atoms with van der Waals surface area (Å²) in [5, 5.41) is 18.5. The summed E-state index contributed by atoms with van der Waals surface area (Å²) in [5.41, 5.74) is 6.06. The highest BCUT2D eigenvalue weighted by Crippen LogP contribution is 2.40. The van der Waals surface area contributed by atoms with Gasteiger partial charge in [0.15, 0.2) is 18.5 Å². The molecule has 0 saturated carbocycles. The van der Waals surface area contributed by atoms with Gasteiger partial charge < -0.3 is 34.6 Å². The molecule has 3 aromatic rings. The van der Waals surface area contributed by atoms with E-state index in [-0.39, 0.29) is 29.7 Å². The van der Waals surface area contributed by atoms with Gasteiger partial charge in [-0.3, -0.25) is 14.5 Å². The minimum Gasteiger partial charge on any atom is -0.543 e. The third-order valence-electron chi connectivity index (χ3n) is 5.53. The molecule has 3 aromatic heterocycles. The lowest BCUT2D eigenvalue weighted by Crippen LogP contribution is -2.71. The molecule has 0 bridgehead atoms. The lowest BCUT2D eigenvalue weighted by molar-refractivity contribution is -0.669. The van der Waals surface area contributed by atoms with E-state index in [1.807, 2.05) is 12.1 Å². The van der Waals surface area contributed by atoms with Crippen molar-refractivity contribution in [2.45, 2.75) is 18.0 Å². The van der Waals surface area contributed by atoms with E-state index in [0.29, 0.717) is 17.0 Å². The molecule has 2 aliphatic heterocycles. The number of hydrogen-bond donors (Lipinski definition) is 2. The number of nitrogens with one attached hydrogen (secondary N) is 1. The second-order valence-electron chi connectivity index (χ2n) is 7.61. The van der Waals surface area contributed by atoms with Crippen LogP contribution in [-0.4, -0.2) is 57.7 Å². The van der Waals surface area contributed by atoms with E-state index in [1.54, 1.807) is 23.1 Å². The Morgan fingerprint density at radius 3 is 2.97 bits per heavy atom. The summed E-state index contributed by atoms with van der Waals surface area (Å²) in [7, 11) is 1.24. The van der Waals surface area contributed by atoms with Crippen LogP contribution in [0.2, 0.25) is 0 Å². The average Bonchev–Trinajstić information content (AvgIpc) is 3.49. The molecule has 0 aromatic carbocycles. The Labute approximate surface area is 201 Å². The summed E-state index contributed by atoms with van der Waals surface area (Å²) < 4.78 is 12.2. The largest absolute Gasteiger partial charge is 0.543 e. The van der Waals surface area contributed by atoms with Crippen molar-refractivity contribution in [3.63, 3.8) is 0 Å². The van der Waals surface area contributed by atoms with E-state index in [1.165, 1.54) is 18.9 Å². The highest BCUT2D eigenvalue weighted by atomic mass is 32.2. The zero-order valence-electron chi connectivity index (χ0n) is 18.2. The smallest absolute Gasteiger partial charge is 0.380 e. The molecule has 0 spiro atoms. The molecule has 1 fully saturated rings. The van der Waals surface area contributed by atoms with Gasteiger partial charge in [0.2, 0.25) is 0 Å². The predicted molar refractivity (Wildman–Crippen MR) is 118 cm³/mol. The van der Waals surface area contributed by atoms with Crippen molar-refractivity contribution in [3.8, 4) is 0 Å². The summed E-state index contributed by atoms with van der Waals surface area (Å²) in [6.45, 7) is 0.187. The number of amides is 2. The quantitative estimate of drug-likeness (QED) is 0.173. The van der Waals surface area contributed by atoms with Crippen LogP contribution in [-0.2, 0) is 25.8 Å². The van der Waals surface area contributed by atoms with Crippen LogP contribution in [0.3, 0.4) is 0 Å². The number of oxime groups is 1. The SMILES string of the molecule is CON=C(C(=O)NC1C(=O)N2C(C(=O)[O-])=C(C[n+]3cccc4ccoc43)CS[C@H]12)c1coc(N)n1. The Bertz CT molecular complexity index is 1410. The van der Waals surface area contributed by atoms with Crippen LogP contribution in [0.1, 0.15) is 5.69 Å². The number of carbonyl (C=O) groups excluding carboxylic acids is 3. The van der Waals surface area contributed by atoms with Crippen molar-refractivity contribution in [2.75, 3.05) is 18.6 Å². The molecule has 2 atom stereocenters. The molecule has 1 saturated heterocycles. The number of carbonyl (C=O) groups is 3. The van der Waals surface area contributed by atoms with Gasteiger partial charge in [0.1, 0.15) is 30.5 Å². The Morgan fingerprint density at radius 1 is 1.43 bits per heavy atom. The third-order valence-corrected chi connectivity index (χ3v) is 6.87. The maximum absolute atomic E-state index is 13.0. The maximum Gasteiger partial charge on any atom is 0.380 e. The lowest BCUT2D eigenvalue weighted by Gasteiger charge is -2.50. The van der Waals surface area contributed by atoms with Crippen molar-refractivity contribution < 1.29 is 37.7 Å². The number of rotatable bonds is 7. The van der Waals surface area contributed by atoms with Crippen molar-refractivity contribution >= 4 is 52.4 Å². The Balaban J connectivity index is 1.38. The summed E-state index contributed by atoms with van der Waals surface area (Å²) >= 11 is 1.32. The number of pyridine rings is 1.